The summed E-state index contributed by atoms with van der Waals surface area (Å²) in [6.45, 7) is 2.16. The predicted octanol–water partition coefficient (Wildman–Crippen LogP) is 0.914. The number of aryl methyl sites for hydroxylation is 1. The van der Waals surface area contributed by atoms with Crippen molar-refractivity contribution in [2.75, 3.05) is 13.2 Å². The number of carbonyl (C=O) groups is 1. The number of hydrogen-bond acceptors (Lipinski definition) is 9. The van der Waals surface area contributed by atoms with Gasteiger partial charge in [0.05, 0.1) is 25.4 Å². The van der Waals surface area contributed by atoms with Crippen LogP contribution < -0.4 is 22.3 Å². The van der Waals surface area contributed by atoms with E-state index >= 15 is 0 Å². The van der Waals surface area contributed by atoms with Crippen molar-refractivity contribution in [1.29, 1.82) is 0 Å². The molecule has 156 valence electrons. The summed E-state index contributed by atoms with van der Waals surface area (Å²) >= 11 is 0. The van der Waals surface area contributed by atoms with Crippen molar-refractivity contribution in [3.8, 4) is 0 Å². The van der Waals surface area contributed by atoms with E-state index in [9.17, 15) is 23.8 Å². The van der Waals surface area contributed by atoms with Gasteiger partial charge in [-0.05, 0) is 19.4 Å². The number of aromatic nitrogens is 2. The van der Waals surface area contributed by atoms with E-state index in [1.807, 2.05) is 0 Å². The smallest absolute Gasteiger partial charge is 0.377 e. The Kier molecular flexibility index (Phi) is 8.12. The lowest BCUT2D eigenvalue weighted by Crippen LogP contribution is -2.33. The van der Waals surface area contributed by atoms with E-state index in [0.717, 1.165) is 4.57 Å². The largest absolute Gasteiger partial charge is 0.770 e. The van der Waals surface area contributed by atoms with Crippen LogP contribution in [0.25, 0.3) is 10.4 Å². The molecule has 14 nitrogen and oxygen atoms in total. The fourth-order valence-electron chi connectivity index (χ4n) is 2.45. The highest BCUT2D eigenvalue weighted by molar-refractivity contribution is 7.69. The fourth-order valence-corrected chi connectivity index (χ4v) is 3.19. The summed E-state index contributed by atoms with van der Waals surface area (Å²) in [5, 5.41) is 3.51. The zero-order valence-corrected chi connectivity index (χ0v) is 16.3. The second kappa shape index (κ2) is 9.64. The van der Waals surface area contributed by atoms with Gasteiger partial charge in [0.25, 0.3) is 5.56 Å². The fraction of sp³-hybridized carbons (Fsp3) is 0.615. The van der Waals surface area contributed by atoms with Gasteiger partial charge in [-0.15, -0.1) is 0 Å². The minimum atomic E-state index is -4.96. The Hall–Kier alpha value is -2.47. The van der Waals surface area contributed by atoms with Crippen LogP contribution in [0.5, 0.6) is 0 Å². The van der Waals surface area contributed by atoms with Gasteiger partial charge in [0.15, 0.2) is 0 Å². The molecule has 1 unspecified atom stereocenters. The molecule has 1 aromatic heterocycles. The van der Waals surface area contributed by atoms with Crippen molar-refractivity contribution < 1.29 is 28.3 Å². The second-order valence-electron chi connectivity index (χ2n) is 5.61. The van der Waals surface area contributed by atoms with Crippen molar-refractivity contribution >= 4 is 13.3 Å². The van der Waals surface area contributed by atoms with Gasteiger partial charge in [-0.2, -0.15) is 0 Å². The van der Waals surface area contributed by atoms with Gasteiger partial charge >= 0.3 is 11.4 Å². The van der Waals surface area contributed by atoms with Crippen molar-refractivity contribution in [1.82, 2.24) is 15.7 Å². The average Bonchev–Trinajstić information content (AvgIpc) is 2.99. The lowest BCUT2D eigenvalue weighted by molar-refractivity contribution is -0.198. The summed E-state index contributed by atoms with van der Waals surface area (Å²) in [4.78, 5) is 51.3. The van der Waals surface area contributed by atoms with Crippen LogP contribution in [-0.2, 0) is 18.6 Å². The number of nitrogens with one attached hydrogen (secondary N) is 1. The topological polar surface area (TPSA) is 225 Å². The first-order valence-electron chi connectivity index (χ1n) is 7.84. The number of aromatic amines is 1. The van der Waals surface area contributed by atoms with Gasteiger partial charge in [-0.25, -0.2) is 9.59 Å². The Labute approximate surface area is 158 Å². The van der Waals surface area contributed by atoms with Crippen molar-refractivity contribution in [3.63, 3.8) is 0 Å². The van der Waals surface area contributed by atoms with Crippen molar-refractivity contribution in [2.45, 2.75) is 38.6 Å². The lowest BCUT2D eigenvalue weighted by atomic mass is 10.1. The summed E-state index contributed by atoms with van der Waals surface area (Å²) in [6.07, 6.45) is -0.654. The molecule has 0 aliphatic carbocycles. The van der Waals surface area contributed by atoms with E-state index in [-0.39, 0.29) is 24.7 Å². The number of H-pyrrole nitrogens is 1. The van der Waals surface area contributed by atoms with Crippen molar-refractivity contribution in [3.05, 3.63) is 43.0 Å². The van der Waals surface area contributed by atoms with Gasteiger partial charge in [0.1, 0.15) is 6.23 Å². The number of rotatable bonds is 7. The van der Waals surface area contributed by atoms with Crippen LogP contribution in [0.2, 0.25) is 0 Å². The monoisotopic (exact) mass is 420 g/mol. The Morgan fingerprint density at radius 1 is 1.57 bits per heavy atom. The predicted molar refractivity (Wildman–Crippen MR) is 94.1 cm³/mol. The van der Waals surface area contributed by atoms with Crippen molar-refractivity contribution in [2.24, 2.45) is 5.11 Å². The maximum atomic E-state index is 12.0. The highest BCUT2D eigenvalue weighted by Gasteiger charge is 2.38. The van der Waals surface area contributed by atoms with Gasteiger partial charge < -0.3 is 25.0 Å². The molecule has 0 saturated carbocycles. The van der Waals surface area contributed by atoms with Gasteiger partial charge in [-0.3, -0.25) is 18.9 Å². The van der Waals surface area contributed by atoms with Gasteiger partial charge in [-0.1, -0.05) is 5.11 Å². The van der Waals surface area contributed by atoms with Crippen LogP contribution in [0, 0.1) is 6.92 Å². The number of ether oxygens (including phenoxy) is 2. The SMILES string of the molecule is CCOC(=O)P(=O)([O-])OC[C@H]1O[C@@H](n2cc(C)c(=O)[nH]c2=O)C[C@@H]1N=[N+]=[N-].[NH4+]. The zero-order chi connectivity index (χ0) is 20.2. The molecule has 15 heteroatoms. The Balaban J connectivity index is 0.00000392. The Bertz CT molecular complexity index is 922. The van der Waals surface area contributed by atoms with Crippen LogP contribution in [0.3, 0.4) is 0 Å². The molecule has 5 N–H and O–H groups in total. The number of carbonyl (C=O) groups excluding carboxylic acids is 1. The van der Waals surface area contributed by atoms with E-state index in [1.54, 1.807) is 0 Å². The average molecular weight is 420 g/mol. The third kappa shape index (κ3) is 5.29. The highest BCUT2D eigenvalue weighted by atomic mass is 31.2. The third-order valence-corrected chi connectivity index (χ3v) is 4.83. The Morgan fingerprint density at radius 2 is 2.25 bits per heavy atom. The van der Waals surface area contributed by atoms with E-state index in [0.29, 0.717) is 0 Å². The molecule has 1 fully saturated rings. The number of hydrogen-bond donors (Lipinski definition) is 2. The molecule has 1 saturated heterocycles. The van der Waals surface area contributed by atoms with Gasteiger partial charge in [0, 0.05) is 23.1 Å². The van der Waals surface area contributed by atoms with Crippen LogP contribution in [0.4, 0.5) is 4.79 Å². The van der Waals surface area contributed by atoms with Crippen LogP contribution in [0.15, 0.2) is 20.9 Å². The lowest BCUT2D eigenvalue weighted by Gasteiger charge is -2.23. The molecule has 0 spiro atoms. The molecule has 2 rings (SSSR count). The molecule has 0 radical (unpaired) electrons. The molecule has 1 aliphatic rings. The first-order valence-corrected chi connectivity index (χ1v) is 9.38. The van der Waals surface area contributed by atoms with E-state index in [1.165, 1.54) is 20.0 Å². The number of nitrogens with zero attached hydrogens (tertiary/aromatic N) is 4. The molecule has 1 aromatic rings. The maximum absolute atomic E-state index is 12.0. The standard InChI is InChI=1S/C13H18N5O8P.H3N/c1-3-24-13(21)27(22,23)25-6-9-8(16-17-14)4-10(26-9)18-5-7(2)11(19)15-12(18)20;/h5,8-10H,3-4,6H2,1-2H3,(H,22,23)(H,15,19,20);1H3/t8-,9+,10+;/m0./s1. The normalized spacial score (nSPS) is 23.2. The minimum absolute atomic E-state index is 0. The van der Waals surface area contributed by atoms with Gasteiger partial charge in [0.2, 0.25) is 7.60 Å². The molecule has 2 heterocycles. The summed E-state index contributed by atoms with van der Waals surface area (Å²) in [5.41, 5.74) is 6.12. The summed E-state index contributed by atoms with van der Waals surface area (Å²) in [7, 11) is -4.96. The number of quaternary nitrogens is 1. The highest BCUT2D eigenvalue weighted by Crippen LogP contribution is 2.41. The molecule has 1 aliphatic heterocycles. The maximum Gasteiger partial charge on any atom is 0.377 e. The molecular formula is C13H21N6O8P. The van der Waals surface area contributed by atoms with E-state index in [4.69, 9.17) is 10.3 Å². The molecular weight excluding hydrogens is 399 g/mol. The second-order valence-corrected chi connectivity index (χ2v) is 7.23. The first-order chi connectivity index (χ1) is 12.7. The minimum Gasteiger partial charge on any atom is -0.770 e. The number of azide groups is 1. The molecule has 4 atom stereocenters. The molecule has 0 amide bonds. The summed E-state index contributed by atoms with van der Waals surface area (Å²) in [5.74, 6) is 0. The summed E-state index contributed by atoms with van der Waals surface area (Å²) < 4.78 is 27.4. The van der Waals surface area contributed by atoms with Crippen LogP contribution >= 0.6 is 7.60 Å². The molecule has 0 bridgehead atoms. The molecule has 0 aromatic carbocycles. The van der Waals surface area contributed by atoms with E-state index < -0.39 is 49.5 Å². The Morgan fingerprint density at radius 3 is 2.86 bits per heavy atom. The van der Waals surface area contributed by atoms with Crippen LogP contribution in [-0.4, -0.2) is 40.6 Å². The van der Waals surface area contributed by atoms with Crippen LogP contribution in [0.1, 0.15) is 25.1 Å². The summed E-state index contributed by atoms with van der Waals surface area (Å²) in [6, 6.07) is -0.860. The van der Waals surface area contributed by atoms with E-state index in [2.05, 4.69) is 24.3 Å². The quantitative estimate of drug-likeness (QED) is 0.278. The third-order valence-electron chi connectivity index (χ3n) is 3.76. The first kappa shape index (κ1) is 23.6. The molecule has 28 heavy (non-hydrogen) atoms. The zero-order valence-electron chi connectivity index (χ0n) is 15.4.